The van der Waals surface area contributed by atoms with Crippen molar-refractivity contribution in [3.63, 3.8) is 0 Å². The van der Waals surface area contributed by atoms with Gasteiger partial charge in [0.15, 0.2) is 0 Å². The lowest BCUT2D eigenvalue weighted by molar-refractivity contribution is -0.123. The molecule has 2 N–H and O–H groups in total. The third-order valence-corrected chi connectivity index (χ3v) is 3.00. The molecule has 0 aromatic carbocycles. The average Bonchev–Trinajstić information content (AvgIpc) is 2.77. The van der Waals surface area contributed by atoms with Crippen LogP contribution in [0.1, 0.15) is 30.9 Å². The van der Waals surface area contributed by atoms with Crippen LogP contribution < -0.4 is 10.6 Å². The number of hydrogen-bond acceptors (Lipinski definition) is 4. The Morgan fingerprint density at radius 2 is 2.44 bits per heavy atom. The summed E-state index contributed by atoms with van der Waals surface area (Å²) >= 11 is 0. The van der Waals surface area contributed by atoms with Gasteiger partial charge in [0.2, 0.25) is 5.91 Å². The van der Waals surface area contributed by atoms with E-state index in [0.717, 1.165) is 24.7 Å². The van der Waals surface area contributed by atoms with Crippen LogP contribution in [0.5, 0.6) is 0 Å². The molecule has 2 rings (SSSR count). The zero-order valence-corrected chi connectivity index (χ0v) is 10.9. The molecular weight excluding hydrogens is 232 g/mol. The molecular formula is C13H20N2O3. The van der Waals surface area contributed by atoms with E-state index in [0.29, 0.717) is 13.0 Å². The average molecular weight is 252 g/mol. The van der Waals surface area contributed by atoms with Crippen LogP contribution in [0, 0.1) is 6.92 Å². The molecule has 1 aliphatic rings. The molecule has 1 aliphatic heterocycles. The van der Waals surface area contributed by atoms with Crippen molar-refractivity contribution in [3.8, 4) is 0 Å². The zero-order chi connectivity index (χ0) is 13.0. The first-order chi connectivity index (χ1) is 8.65. The number of amides is 1. The lowest BCUT2D eigenvalue weighted by Gasteiger charge is -2.23. The summed E-state index contributed by atoms with van der Waals surface area (Å²) in [6, 6.07) is 3.80. The predicted molar refractivity (Wildman–Crippen MR) is 67.2 cm³/mol. The number of aryl methyl sites for hydroxylation is 1. The summed E-state index contributed by atoms with van der Waals surface area (Å²) < 4.78 is 10.8. The second-order valence-corrected chi connectivity index (χ2v) is 4.67. The monoisotopic (exact) mass is 252 g/mol. The second-order valence-electron chi connectivity index (χ2n) is 4.67. The molecule has 0 aliphatic carbocycles. The summed E-state index contributed by atoms with van der Waals surface area (Å²) in [5.74, 6) is 1.65. The van der Waals surface area contributed by atoms with E-state index >= 15 is 0 Å². The van der Waals surface area contributed by atoms with Crippen LogP contribution in [0.25, 0.3) is 0 Å². The summed E-state index contributed by atoms with van der Waals surface area (Å²) in [7, 11) is 0. The smallest absolute Gasteiger partial charge is 0.222 e. The van der Waals surface area contributed by atoms with E-state index in [2.05, 4.69) is 10.6 Å². The van der Waals surface area contributed by atoms with Gasteiger partial charge >= 0.3 is 0 Å². The minimum Gasteiger partial charge on any atom is -0.464 e. The maximum atomic E-state index is 11.9. The fourth-order valence-corrected chi connectivity index (χ4v) is 2.03. The third-order valence-electron chi connectivity index (χ3n) is 3.00. The first-order valence-corrected chi connectivity index (χ1v) is 6.32. The molecule has 1 fully saturated rings. The van der Waals surface area contributed by atoms with Crippen molar-refractivity contribution < 1.29 is 13.9 Å². The Balaban J connectivity index is 1.79. The van der Waals surface area contributed by atoms with Crippen molar-refractivity contribution in [2.75, 3.05) is 19.8 Å². The third kappa shape index (κ3) is 3.58. The Kier molecular flexibility index (Phi) is 4.38. The van der Waals surface area contributed by atoms with Crippen LogP contribution in [0.3, 0.4) is 0 Å². The van der Waals surface area contributed by atoms with Gasteiger partial charge in [-0.15, -0.1) is 0 Å². The van der Waals surface area contributed by atoms with E-state index in [9.17, 15) is 4.79 Å². The molecule has 2 atom stereocenters. The topological polar surface area (TPSA) is 63.5 Å². The maximum Gasteiger partial charge on any atom is 0.222 e. The number of morpholine rings is 1. The maximum absolute atomic E-state index is 11.9. The van der Waals surface area contributed by atoms with Gasteiger partial charge < -0.3 is 19.8 Å². The van der Waals surface area contributed by atoms with E-state index in [1.807, 2.05) is 26.0 Å². The normalized spacial score (nSPS) is 21.6. The van der Waals surface area contributed by atoms with Crippen LogP contribution in [0.2, 0.25) is 0 Å². The van der Waals surface area contributed by atoms with Gasteiger partial charge in [0.05, 0.1) is 19.3 Å². The highest BCUT2D eigenvalue weighted by molar-refractivity contribution is 5.77. The molecule has 100 valence electrons. The molecule has 5 nitrogen and oxygen atoms in total. The largest absolute Gasteiger partial charge is 0.464 e. The van der Waals surface area contributed by atoms with Gasteiger partial charge in [-0.3, -0.25) is 4.79 Å². The van der Waals surface area contributed by atoms with E-state index in [1.54, 1.807) is 0 Å². The van der Waals surface area contributed by atoms with E-state index in [1.165, 1.54) is 0 Å². The molecule has 0 saturated carbocycles. The Morgan fingerprint density at radius 1 is 1.61 bits per heavy atom. The van der Waals surface area contributed by atoms with Crippen LogP contribution in [-0.2, 0) is 9.53 Å². The Bertz CT molecular complexity index is 397. The van der Waals surface area contributed by atoms with E-state index in [4.69, 9.17) is 9.15 Å². The van der Waals surface area contributed by atoms with Gasteiger partial charge in [-0.05, 0) is 26.0 Å². The number of rotatable bonds is 4. The van der Waals surface area contributed by atoms with E-state index < -0.39 is 0 Å². The summed E-state index contributed by atoms with van der Waals surface area (Å²) in [4.78, 5) is 11.9. The Labute approximate surface area is 107 Å². The number of hydrogen-bond donors (Lipinski definition) is 2. The number of ether oxygens (including phenoxy) is 1. The molecule has 5 heteroatoms. The lowest BCUT2D eigenvalue weighted by Crippen LogP contribution is -2.44. The molecule has 0 bridgehead atoms. The second kappa shape index (κ2) is 6.02. The van der Waals surface area contributed by atoms with Crippen LogP contribution in [0.15, 0.2) is 16.5 Å². The molecule has 2 heterocycles. The van der Waals surface area contributed by atoms with Crippen molar-refractivity contribution in [2.24, 2.45) is 0 Å². The van der Waals surface area contributed by atoms with Crippen molar-refractivity contribution in [3.05, 3.63) is 23.7 Å². The van der Waals surface area contributed by atoms with Crippen molar-refractivity contribution in [1.29, 1.82) is 0 Å². The highest BCUT2D eigenvalue weighted by atomic mass is 16.5. The summed E-state index contributed by atoms with van der Waals surface area (Å²) in [5.41, 5.74) is 0. The lowest BCUT2D eigenvalue weighted by atomic mass is 10.1. The highest BCUT2D eigenvalue weighted by Crippen LogP contribution is 2.15. The van der Waals surface area contributed by atoms with Gasteiger partial charge in [0, 0.05) is 19.0 Å². The van der Waals surface area contributed by atoms with Gasteiger partial charge in [-0.1, -0.05) is 0 Å². The van der Waals surface area contributed by atoms with Gasteiger partial charge in [-0.25, -0.2) is 0 Å². The van der Waals surface area contributed by atoms with E-state index in [-0.39, 0.29) is 18.0 Å². The van der Waals surface area contributed by atoms with Gasteiger partial charge in [0.25, 0.3) is 0 Å². The molecule has 1 aromatic heterocycles. The standard InChI is InChI=1S/C13H20N2O3/c1-9-3-4-12(18-9)10(2)15-13(16)7-11-8-17-6-5-14-11/h3-4,10-11,14H,5-8H2,1-2H3,(H,15,16). The van der Waals surface area contributed by atoms with Crippen molar-refractivity contribution >= 4 is 5.91 Å². The quantitative estimate of drug-likeness (QED) is 0.843. The minimum absolute atomic E-state index is 0.0135. The summed E-state index contributed by atoms with van der Waals surface area (Å²) in [6.07, 6.45) is 0.435. The number of carbonyl (C=O) groups is 1. The fourth-order valence-electron chi connectivity index (χ4n) is 2.03. The first kappa shape index (κ1) is 13.1. The Morgan fingerprint density at radius 3 is 3.06 bits per heavy atom. The predicted octanol–water partition coefficient (Wildman–Crippen LogP) is 1.14. The number of nitrogens with one attached hydrogen (secondary N) is 2. The summed E-state index contributed by atoms with van der Waals surface area (Å²) in [6.45, 7) is 5.94. The van der Waals surface area contributed by atoms with Crippen LogP contribution in [0.4, 0.5) is 0 Å². The highest BCUT2D eigenvalue weighted by Gasteiger charge is 2.19. The number of carbonyl (C=O) groups excluding carboxylic acids is 1. The molecule has 1 aromatic rings. The number of furan rings is 1. The summed E-state index contributed by atoms with van der Waals surface area (Å²) in [5, 5.41) is 6.19. The molecule has 18 heavy (non-hydrogen) atoms. The van der Waals surface area contributed by atoms with Crippen molar-refractivity contribution in [2.45, 2.75) is 32.4 Å². The first-order valence-electron chi connectivity index (χ1n) is 6.32. The van der Waals surface area contributed by atoms with Crippen molar-refractivity contribution in [1.82, 2.24) is 10.6 Å². The molecule has 1 saturated heterocycles. The molecule has 0 spiro atoms. The fraction of sp³-hybridized carbons (Fsp3) is 0.615. The molecule has 0 radical (unpaired) electrons. The van der Waals surface area contributed by atoms with Gasteiger partial charge in [-0.2, -0.15) is 0 Å². The molecule has 1 amide bonds. The Hall–Kier alpha value is -1.33. The minimum atomic E-state index is -0.101. The van der Waals surface area contributed by atoms with Crippen LogP contribution in [-0.4, -0.2) is 31.7 Å². The van der Waals surface area contributed by atoms with Gasteiger partial charge in [0.1, 0.15) is 11.5 Å². The molecule has 2 unspecified atom stereocenters. The zero-order valence-electron chi connectivity index (χ0n) is 10.9. The SMILES string of the molecule is Cc1ccc(C(C)NC(=O)CC2COCCN2)o1. The van der Waals surface area contributed by atoms with Crippen LogP contribution >= 0.6 is 0 Å².